The third-order valence-corrected chi connectivity index (χ3v) is 2.89. The lowest BCUT2D eigenvalue weighted by molar-refractivity contribution is 0.0784. The third-order valence-electron chi connectivity index (χ3n) is 2.43. The molecule has 0 aliphatic carbocycles. The van der Waals surface area contributed by atoms with E-state index in [1.54, 1.807) is 25.5 Å². The van der Waals surface area contributed by atoms with Crippen LogP contribution in [-0.2, 0) is 6.54 Å². The van der Waals surface area contributed by atoms with Crippen LogP contribution in [0.3, 0.4) is 0 Å². The maximum absolute atomic E-state index is 13.2. The third kappa shape index (κ3) is 2.95. The van der Waals surface area contributed by atoms with E-state index in [4.69, 9.17) is 0 Å². The zero-order valence-corrected chi connectivity index (χ0v) is 11.2. The van der Waals surface area contributed by atoms with E-state index in [2.05, 4.69) is 26.1 Å². The highest BCUT2D eigenvalue weighted by molar-refractivity contribution is 9.10. The summed E-state index contributed by atoms with van der Waals surface area (Å²) in [7, 11) is 1.66. The van der Waals surface area contributed by atoms with Gasteiger partial charge in [-0.2, -0.15) is 5.10 Å². The first-order valence-electron chi connectivity index (χ1n) is 5.25. The van der Waals surface area contributed by atoms with E-state index in [0.717, 1.165) is 5.56 Å². The van der Waals surface area contributed by atoms with E-state index in [-0.39, 0.29) is 5.91 Å². The van der Waals surface area contributed by atoms with Gasteiger partial charge in [0.2, 0.25) is 0 Å². The van der Waals surface area contributed by atoms with Crippen LogP contribution in [0.15, 0.2) is 35.1 Å². The molecule has 0 bridgehead atoms. The van der Waals surface area contributed by atoms with Crippen molar-refractivity contribution in [1.82, 2.24) is 15.1 Å². The number of carbonyl (C=O) groups is 1. The summed E-state index contributed by atoms with van der Waals surface area (Å²) >= 11 is 3.17. The highest BCUT2D eigenvalue weighted by Gasteiger charge is 2.14. The van der Waals surface area contributed by atoms with Gasteiger partial charge in [-0.1, -0.05) is 15.9 Å². The second-order valence-corrected chi connectivity index (χ2v) is 4.84. The van der Waals surface area contributed by atoms with E-state index in [0.29, 0.717) is 16.6 Å². The molecule has 94 valence electrons. The maximum Gasteiger partial charge on any atom is 0.254 e. The van der Waals surface area contributed by atoms with Crippen LogP contribution >= 0.6 is 15.9 Å². The Labute approximate surface area is 112 Å². The van der Waals surface area contributed by atoms with Gasteiger partial charge in [0.05, 0.1) is 6.20 Å². The maximum atomic E-state index is 13.2. The topological polar surface area (TPSA) is 49.0 Å². The van der Waals surface area contributed by atoms with E-state index < -0.39 is 5.82 Å². The Morgan fingerprint density at radius 2 is 2.28 bits per heavy atom. The summed E-state index contributed by atoms with van der Waals surface area (Å²) < 4.78 is 13.8. The number of aromatic amines is 1. The second-order valence-electron chi connectivity index (χ2n) is 3.93. The van der Waals surface area contributed by atoms with Crippen LogP contribution in [0.25, 0.3) is 0 Å². The minimum absolute atomic E-state index is 0.239. The van der Waals surface area contributed by atoms with Crippen molar-refractivity contribution in [3.63, 3.8) is 0 Å². The normalized spacial score (nSPS) is 10.4. The quantitative estimate of drug-likeness (QED) is 0.947. The number of aromatic nitrogens is 2. The molecule has 0 aliphatic heterocycles. The van der Waals surface area contributed by atoms with E-state index in [1.165, 1.54) is 17.0 Å². The summed E-state index contributed by atoms with van der Waals surface area (Å²) in [6, 6.07) is 4.13. The Hall–Kier alpha value is -1.69. The number of benzene rings is 1. The molecule has 4 nitrogen and oxygen atoms in total. The highest BCUT2D eigenvalue weighted by atomic mass is 79.9. The second kappa shape index (κ2) is 5.30. The van der Waals surface area contributed by atoms with Crippen LogP contribution in [0.1, 0.15) is 15.9 Å². The summed E-state index contributed by atoms with van der Waals surface area (Å²) in [5, 5.41) is 6.48. The molecule has 0 radical (unpaired) electrons. The molecule has 1 aromatic carbocycles. The number of H-pyrrole nitrogens is 1. The van der Waals surface area contributed by atoms with E-state index >= 15 is 0 Å². The molecule has 0 saturated carbocycles. The molecule has 1 aromatic heterocycles. The van der Waals surface area contributed by atoms with Gasteiger partial charge >= 0.3 is 0 Å². The van der Waals surface area contributed by atoms with Crippen LogP contribution in [0.4, 0.5) is 4.39 Å². The fraction of sp³-hybridized carbons (Fsp3) is 0.167. The van der Waals surface area contributed by atoms with Crippen LogP contribution in [0.2, 0.25) is 0 Å². The average molecular weight is 312 g/mol. The first-order chi connectivity index (χ1) is 8.56. The Bertz CT molecular complexity index is 536. The van der Waals surface area contributed by atoms with Gasteiger partial charge in [-0.3, -0.25) is 9.89 Å². The molecule has 0 saturated heterocycles. The molecule has 1 amide bonds. The highest BCUT2D eigenvalue weighted by Crippen LogP contribution is 2.16. The number of amides is 1. The Morgan fingerprint density at radius 3 is 2.89 bits per heavy atom. The van der Waals surface area contributed by atoms with Crippen molar-refractivity contribution >= 4 is 21.8 Å². The smallest absolute Gasteiger partial charge is 0.254 e. The number of carbonyl (C=O) groups excluding carboxylic acids is 1. The van der Waals surface area contributed by atoms with Crippen molar-refractivity contribution in [1.29, 1.82) is 0 Å². The molecule has 0 aliphatic rings. The molecule has 2 aromatic rings. The predicted molar refractivity (Wildman–Crippen MR) is 68.5 cm³/mol. The van der Waals surface area contributed by atoms with Gasteiger partial charge < -0.3 is 4.90 Å². The molecule has 1 heterocycles. The lowest BCUT2D eigenvalue weighted by Gasteiger charge is -2.16. The lowest BCUT2D eigenvalue weighted by atomic mass is 10.2. The first kappa shape index (κ1) is 12.8. The Morgan fingerprint density at radius 1 is 1.50 bits per heavy atom. The number of rotatable bonds is 3. The predicted octanol–water partition coefficient (Wildman–Crippen LogP) is 2.58. The van der Waals surface area contributed by atoms with Gasteiger partial charge in [0.25, 0.3) is 5.91 Å². The number of nitrogens with one attached hydrogen (secondary N) is 1. The summed E-state index contributed by atoms with van der Waals surface area (Å²) in [5.74, 6) is -0.680. The van der Waals surface area contributed by atoms with Crippen LogP contribution in [0, 0.1) is 5.82 Å². The van der Waals surface area contributed by atoms with Gasteiger partial charge in [-0.15, -0.1) is 0 Å². The molecule has 6 heteroatoms. The Balaban J connectivity index is 2.15. The van der Waals surface area contributed by atoms with Crippen molar-refractivity contribution in [3.05, 3.63) is 52.0 Å². The summed E-state index contributed by atoms with van der Waals surface area (Å²) in [6.07, 6.45) is 3.36. The van der Waals surface area contributed by atoms with E-state index in [1.807, 2.05) is 0 Å². The number of hydrogen-bond acceptors (Lipinski definition) is 2. The minimum atomic E-state index is -0.440. The summed E-state index contributed by atoms with van der Waals surface area (Å²) in [5.41, 5.74) is 1.20. The van der Waals surface area contributed by atoms with Gasteiger partial charge in [-0.05, 0) is 18.2 Å². The molecule has 2 rings (SSSR count). The Kier molecular flexibility index (Phi) is 3.76. The molecule has 0 spiro atoms. The van der Waals surface area contributed by atoms with Crippen LogP contribution in [-0.4, -0.2) is 28.1 Å². The number of halogens is 2. The SMILES string of the molecule is CN(Cc1cn[nH]c1)C(=O)c1cc(F)cc(Br)c1. The van der Waals surface area contributed by atoms with Gasteiger partial charge in [0.1, 0.15) is 5.82 Å². The molecular formula is C12H11BrFN3O. The zero-order chi connectivity index (χ0) is 13.1. The number of hydrogen-bond donors (Lipinski definition) is 1. The monoisotopic (exact) mass is 311 g/mol. The summed E-state index contributed by atoms with van der Waals surface area (Å²) in [6.45, 7) is 0.420. The van der Waals surface area contributed by atoms with E-state index in [9.17, 15) is 9.18 Å². The van der Waals surface area contributed by atoms with Crippen LogP contribution in [0.5, 0.6) is 0 Å². The largest absolute Gasteiger partial charge is 0.337 e. The van der Waals surface area contributed by atoms with Crippen molar-refractivity contribution in [2.75, 3.05) is 7.05 Å². The molecular weight excluding hydrogens is 301 g/mol. The van der Waals surface area contributed by atoms with Crippen LogP contribution < -0.4 is 0 Å². The van der Waals surface area contributed by atoms with Crippen molar-refractivity contribution in [2.45, 2.75) is 6.54 Å². The molecule has 0 fully saturated rings. The van der Waals surface area contributed by atoms with Crippen molar-refractivity contribution < 1.29 is 9.18 Å². The van der Waals surface area contributed by atoms with Gasteiger partial charge in [0, 0.05) is 35.4 Å². The van der Waals surface area contributed by atoms with Gasteiger partial charge in [0.15, 0.2) is 0 Å². The summed E-state index contributed by atoms with van der Waals surface area (Å²) in [4.78, 5) is 13.6. The molecule has 0 atom stereocenters. The molecule has 18 heavy (non-hydrogen) atoms. The standard InChI is InChI=1S/C12H11BrFN3O/c1-17(7-8-5-15-16-6-8)12(18)9-2-10(13)4-11(14)3-9/h2-6H,7H2,1H3,(H,15,16). The lowest BCUT2D eigenvalue weighted by Crippen LogP contribution is -2.26. The van der Waals surface area contributed by atoms with Crippen molar-refractivity contribution in [2.24, 2.45) is 0 Å². The fourth-order valence-corrected chi connectivity index (χ4v) is 2.07. The molecule has 0 unspecified atom stereocenters. The minimum Gasteiger partial charge on any atom is -0.337 e. The fourth-order valence-electron chi connectivity index (χ4n) is 1.61. The average Bonchev–Trinajstić information content (AvgIpc) is 2.79. The van der Waals surface area contributed by atoms with Gasteiger partial charge in [-0.25, -0.2) is 4.39 Å². The van der Waals surface area contributed by atoms with Crippen molar-refractivity contribution in [3.8, 4) is 0 Å². The number of nitrogens with zero attached hydrogens (tertiary/aromatic N) is 2. The first-order valence-corrected chi connectivity index (χ1v) is 6.05. The molecule has 1 N–H and O–H groups in total. The zero-order valence-electron chi connectivity index (χ0n) is 9.65.